The number of piperazine rings is 1. The molecule has 0 saturated carbocycles. The minimum atomic E-state index is -1.08. The predicted octanol–water partition coefficient (Wildman–Crippen LogP) is 3.88. The summed E-state index contributed by atoms with van der Waals surface area (Å²) in [5, 5.41) is 0.455. The number of carbonyl (C=O) groups excluding carboxylic acids is 2. The molecular formula is C19H16Cl2F2N2O3. The van der Waals surface area contributed by atoms with E-state index in [0.29, 0.717) is 11.3 Å². The Kier molecular flexibility index (Phi) is 6.05. The van der Waals surface area contributed by atoms with E-state index in [1.54, 1.807) is 4.90 Å². The second kappa shape index (κ2) is 8.32. The molecule has 1 aliphatic heterocycles. The normalized spacial score (nSPS) is 14.2. The fraction of sp³-hybridized carbons (Fsp3) is 0.263. The third kappa shape index (κ3) is 4.05. The van der Waals surface area contributed by atoms with Crippen LogP contribution in [0.15, 0.2) is 30.3 Å². The van der Waals surface area contributed by atoms with Gasteiger partial charge in [0, 0.05) is 37.3 Å². The summed E-state index contributed by atoms with van der Waals surface area (Å²) >= 11 is 12.2. The molecule has 5 nitrogen and oxygen atoms in total. The SMILES string of the molecule is COc1c(Cl)cc(C(=O)N2CCN(C(=O)c3ccc(F)c(F)c3)CC2)cc1Cl. The summed E-state index contributed by atoms with van der Waals surface area (Å²) < 4.78 is 31.5. The van der Waals surface area contributed by atoms with Gasteiger partial charge in [0.15, 0.2) is 17.4 Å². The molecule has 3 rings (SSSR count). The first kappa shape index (κ1) is 20.4. The highest BCUT2D eigenvalue weighted by atomic mass is 35.5. The zero-order valence-electron chi connectivity index (χ0n) is 14.8. The first-order valence-corrected chi connectivity index (χ1v) is 9.14. The van der Waals surface area contributed by atoms with Crippen LogP contribution in [0.5, 0.6) is 5.75 Å². The molecule has 9 heteroatoms. The van der Waals surface area contributed by atoms with E-state index in [2.05, 4.69) is 0 Å². The van der Waals surface area contributed by atoms with Crippen molar-refractivity contribution < 1.29 is 23.1 Å². The van der Waals surface area contributed by atoms with Crippen molar-refractivity contribution in [3.05, 3.63) is 63.1 Å². The Morgan fingerprint density at radius 2 is 1.36 bits per heavy atom. The van der Waals surface area contributed by atoms with Gasteiger partial charge in [0.25, 0.3) is 11.8 Å². The highest BCUT2D eigenvalue weighted by Crippen LogP contribution is 2.34. The lowest BCUT2D eigenvalue weighted by molar-refractivity contribution is 0.0535. The summed E-state index contributed by atoms with van der Waals surface area (Å²) in [6, 6.07) is 5.98. The smallest absolute Gasteiger partial charge is 0.254 e. The molecule has 1 heterocycles. The van der Waals surface area contributed by atoms with Gasteiger partial charge in [-0.05, 0) is 30.3 Å². The van der Waals surface area contributed by atoms with Crippen LogP contribution in [-0.4, -0.2) is 54.9 Å². The van der Waals surface area contributed by atoms with Crippen LogP contribution in [-0.2, 0) is 0 Å². The molecule has 0 bridgehead atoms. The lowest BCUT2D eigenvalue weighted by atomic mass is 10.1. The number of halogens is 4. The predicted molar refractivity (Wildman–Crippen MR) is 101 cm³/mol. The summed E-state index contributed by atoms with van der Waals surface area (Å²) in [5.74, 6) is -2.48. The van der Waals surface area contributed by atoms with E-state index in [0.717, 1.165) is 12.1 Å². The largest absolute Gasteiger partial charge is 0.494 e. The summed E-state index contributed by atoms with van der Waals surface area (Å²) in [6.45, 7) is 1.10. The van der Waals surface area contributed by atoms with Gasteiger partial charge in [0.2, 0.25) is 0 Å². The average molecular weight is 429 g/mol. The maximum absolute atomic E-state index is 13.4. The summed E-state index contributed by atoms with van der Waals surface area (Å²) in [7, 11) is 1.43. The van der Waals surface area contributed by atoms with Crippen LogP contribution >= 0.6 is 23.2 Å². The number of rotatable bonds is 3. The van der Waals surface area contributed by atoms with Crippen LogP contribution in [0, 0.1) is 11.6 Å². The molecule has 2 amide bonds. The van der Waals surface area contributed by atoms with Crippen molar-refractivity contribution in [3.8, 4) is 5.75 Å². The zero-order chi connectivity index (χ0) is 20.4. The molecule has 0 radical (unpaired) electrons. The number of ether oxygens (including phenoxy) is 1. The van der Waals surface area contributed by atoms with E-state index < -0.39 is 17.5 Å². The van der Waals surface area contributed by atoms with E-state index in [-0.39, 0.29) is 47.7 Å². The van der Waals surface area contributed by atoms with Crippen LogP contribution in [0.3, 0.4) is 0 Å². The molecule has 0 unspecified atom stereocenters. The first-order valence-electron chi connectivity index (χ1n) is 8.38. The van der Waals surface area contributed by atoms with Crippen molar-refractivity contribution in [2.75, 3.05) is 33.3 Å². The van der Waals surface area contributed by atoms with Crippen molar-refractivity contribution in [1.82, 2.24) is 9.80 Å². The Morgan fingerprint density at radius 3 is 1.82 bits per heavy atom. The van der Waals surface area contributed by atoms with Gasteiger partial charge in [-0.3, -0.25) is 9.59 Å². The lowest BCUT2D eigenvalue weighted by Crippen LogP contribution is -2.50. The molecule has 0 aliphatic carbocycles. The molecule has 0 atom stereocenters. The number of methoxy groups -OCH3 is 1. The van der Waals surface area contributed by atoms with Gasteiger partial charge in [-0.1, -0.05) is 23.2 Å². The zero-order valence-corrected chi connectivity index (χ0v) is 16.4. The summed E-state index contributed by atoms with van der Waals surface area (Å²) in [6.07, 6.45) is 0. The van der Waals surface area contributed by atoms with E-state index in [1.807, 2.05) is 0 Å². The Bertz CT molecular complexity index is 908. The number of hydrogen-bond donors (Lipinski definition) is 0. The Hall–Kier alpha value is -2.38. The lowest BCUT2D eigenvalue weighted by Gasteiger charge is -2.35. The van der Waals surface area contributed by atoms with Crippen LogP contribution < -0.4 is 4.74 Å². The second-order valence-electron chi connectivity index (χ2n) is 6.19. The summed E-state index contributed by atoms with van der Waals surface area (Å²) in [5.41, 5.74) is 0.378. The molecule has 2 aromatic carbocycles. The van der Waals surface area contributed by atoms with E-state index in [9.17, 15) is 18.4 Å². The van der Waals surface area contributed by atoms with E-state index in [4.69, 9.17) is 27.9 Å². The Balaban J connectivity index is 1.67. The van der Waals surface area contributed by atoms with Crippen LogP contribution in [0.1, 0.15) is 20.7 Å². The molecule has 1 saturated heterocycles. The monoisotopic (exact) mass is 428 g/mol. The molecule has 0 spiro atoms. The van der Waals surface area contributed by atoms with Gasteiger partial charge < -0.3 is 14.5 Å². The number of benzene rings is 2. The minimum absolute atomic E-state index is 0.0624. The third-order valence-corrected chi connectivity index (χ3v) is 5.03. The summed E-state index contributed by atoms with van der Waals surface area (Å²) in [4.78, 5) is 28.2. The van der Waals surface area contributed by atoms with E-state index >= 15 is 0 Å². The second-order valence-corrected chi connectivity index (χ2v) is 7.00. The molecule has 1 fully saturated rings. The van der Waals surface area contributed by atoms with Gasteiger partial charge in [-0.25, -0.2) is 8.78 Å². The van der Waals surface area contributed by atoms with Gasteiger partial charge >= 0.3 is 0 Å². The van der Waals surface area contributed by atoms with Gasteiger partial charge in [0.05, 0.1) is 17.2 Å². The molecule has 28 heavy (non-hydrogen) atoms. The maximum atomic E-state index is 13.4. The quantitative estimate of drug-likeness (QED) is 0.745. The topological polar surface area (TPSA) is 49.9 Å². The molecule has 148 valence electrons. The third-order valence-electron chi connectivity index (χ3n) is 4.47. The fourth-order valence-corrected chi connectivity index (χ4v) is 3.63. The van der Waals surface area contributed by atoms with Crippen molar-refractivity contribution in [2.24, 2.45) is 0 Å². The fourth-order valence-electron chi connectivity index (χ4n) is 2.99. The number of nitrogens with zero attached hydrogens (tertiary/aromatic N) is 2. The minimum Gasteiger partial charge on any atom is -0.494 e. The van der Waals surface area contributed by atoms with Gasteiger partial charge in [-0.15, -0.1) is 0 Å². The maximum Gasteiger partial charge on any atom is 0.254 e. The molecule has 0 N–H and O–H groups in total. The number of hydrogen-bond acceptors (Lipinski definition) is 3. The van der Waals surface area contributed by atoms with Gasteiger partial charge in [-0.2, -0.15) is 0 Å². The molecule has 2 aromatic rings. The molecule has 1 aliphatic rings. The van der Waals surface area contributed by atoms with Crippen LogP contribution in [0.4, 0.5) is 8.78 Å². The van der Waals surface area contributed by atoms with Crippen molar-refractivity contribution in [1.29, 1.82) is 0 Å². The van der Waals surface area contributed by atoms with Crippen molar-refractivity contribution in [2.45, 2.75) is 0 Å². The Labute approximate surface area is 170 Å². The number of amides is 2. The number of carbonyl (C=O) groups is 2. The van der Waals surface area contributed by atoms with Gasteiger partial charge in [0.1, 0.15) is 0 Å². The van der Waals surface area contributed by atoms with Crippen LogP contribution in [0.2, 0.25) is 10.0 Å². The van der Waals surface area contributed by atoms with E-state index in [1.165, 1.54) is 30.2 Å². The Morgan fingerprint density at radius 1 is 0.857 bits per heavy atom. The van der Waals surface area contributed by atoms with Crippen molar-refractivity contribution >= 4 is 35.0 Å². The average Bonchev–Trinajstić information content (AvgIpc) is 2.69. The standard InChI is InChI=1S/C19H16Cl2F2N2O3/c1-28-17-13(20)8-12(9-14(17)21)19(27)25-6-4-24(5-7-25)18(26)11-2-3-15(22)16(23)10-11/h2-3,8-10H,4-7H2,1H3. The highest BCUT2D eigenvalue weighted by molar-refractivity contribution is 6.37. The molecule has 0 aromatic heterocycles. The van der Waals surface area contributed by atoms with Crippen LogP contribution in [0.25, 0.3) is 0 Å². The highest BCUT2D eigenvalue weighted by Gasteiger charge is 2.27. The van der Waals surface area contributed by atoms with Crippen molar-refractivity contribution in [3.63, 3.8) is 0 Å². The molecular weight excluding hydrogens is 413 g/mol. The first-order chi connectivity index (χ1) is 13.3.